The zero-order valence-corrected chi connectivity index (χ0v) is 9.71. The van der Waals surface area contributed by atoms with Crippen LogP contribution in [0, 0.1) is 6.92 Å². The molecule has 2 N–H and O–H groups in total. The number of aromatic nitrogens is 1. The average molecular weight is 236 g/mol. The molecule has 2 unspecified atom stereocenters. The Morgan fingerprint density at radius 3 is 3.06 bits per heavy atom. The van der Waals surface area contributed by atoms with Crippen LogP contribution in [0.5, 0.6) is 0 Å². The van der Waals surface area contributed by atoms with Gasteiger partial charge in [-0.2, -0.15) is 0 Å². The summed E-state index contributed by atoms with van der Waals surface area (Å²) < 4.78 is 0. The molecule has 0 amide bonds. The third kappa shape index (κ3) is 2.62. The molecule has 1 aromatic heterocycles. The molecule has 1 aliphatic rings. The van der Waals surface area contributed by atoms with Gasteiger partial charge in [0.1, 0.15) is 6.04 Å². The third-order valence-electron chi connectivity index (χ3n) is 3.14. The first-order chi connectivity index (χ1) is 8.08. The summed E-state index contributed by atoms with van der Waals surface area (Å²) in [6.45, 7) is 2.82. The fraction of sp³-hybridized carbons (Fsp3) is 0.500. The van der Waals surface area contributed by atoms with E-state index in [1.807, 2.05) is 19.1 Å². The van der Waals surface area contributed by atoms with Gasteiger partial charge in [-0.25, -0.2) is 0 Å². The predicted molar refractivity (Wildman–Crippen MR) is 61.4 cm³/mol. The lowest BCUT2D eigenvalue weighted by Crippen LogP contribution is -2.35. The molecule has 0 saturated carbocycles. The lowest BCUT2D eigenvalue weighted by Gasteiger charge is -2.20. The number of pyridine rings is 1. The molecule has 1 saturated heterocycles. The monoisotopic (exact) mass is 236 g/mol. The maximum absolute atomic E-state index is 11.1. The van der Waals surface area contributed by atoms with E-state index in [1.54, 1.807) is 11.1 Å². The van der Waals surface area contributed by atoms with Gasteiger partial charge in [0.05, 0.1) is 11.8 Å². The molecule has 0 spiro atoms. The Kier molecular flexibility index (Phi) is 3.40. The Hall–Kier alpha value is -1.46. The first-order valence-electron chi connectivity index (χ1n) is 5.63. The summed E-state index contributed by atoms with van der Waals surface area (Å²) in [7, 11) is 0. The molecule has 1 aliphatic heterocycles. The number of aliphatic hydroxyl groups is 1. The second-order valence-corrected chi connectivity index (χ2v) is 4.44. The number of aryl methyl sites for hydroxylation is 1. The number of carbonyl (C=O) groups is 1. The lowest BCUT2D eigenvalue weighted by atomic mass is 10.2. The second kappa shape index (κ2) is 4.81. The van der Waals surface area contributed by atoms with Crippen LogP contribution in [0.25, 0.3) is 0 Å². The number of carboxylic acids is 1. The smallest absolute Gasteiger partial charge is 0.321 e. The number of aliphatic carboxylic acids is 1. The van der Waals surface area contributed by atoms with Crippen LogP contribution in [0.15, 0.2) is 18.3 Å². The SMILES string of the molecule is Cc1cccnc1CN1CC(O)CC1C(=O)O. The highest BCUT2D eigenvalue weighted by Gasteiger charge is 2.36. The van der Waals surface area contributed by atoms with Crippen molar-refractivity contribution in [1.82, 2.24) is 9.88 Å². The summed E-state index contributed by atoms with van der Waals surface area (Å²) >= 11 is 0. The van der Waals surface area contributed by atoms with E-state index in [9.17, 15) is 9.90 Å². The number of rotatable bonds is 3. The largest absolute Gasteiger partial charge is 0.480 e. The van der Waals surface area contributed by atoms with Gasteiger partial charge < -0.3 is 10.2 Å². The van der Waals surface area contributed by atoms with Crippen molar-refractivity contribution in [2.24, 2.45) is 0 Å². The molecule has 5 nitrogen and oxygen atoms in total. The molecule has 0 radical (unpaired) electrons. The van der Waals surface area contributed by atoms with Crippen molar-refractivity contribution in [3.63, 3.8) is 0 Å². The van der Waals surface area contributed by atoms with Crippen LogP contribution < -0.4 is 0 Å². The van der Waals surface area contributed by atoms with E-state index in [0.717, 1.165) is 11.3 Å². The zero-order chi connectivity index (χ0) is 12.4. The number of hydrogen-bond acceptors (Lipinski definition) is 4. The minimum atomic E-state index is -0.880. The predicted octanol–water partition coefficient (Wildman–Crippen LogP) is 0.410. The van der Waals surface area contributed by atoms with E-state index < -0.39 is 18.1 Å². The number of aliphatic hydroxyl groups excluding tert-OH is 1. The van der Waals surface area contributed by atoms with Crippen LogP contribution in [0.1, 0.15) is 17.7 Å². The molecule has 0 aromatic carbocycles. The normalized spacial score (nSPS) is 25.1. The van der Waals surface area contributed by atoms with E-state index in [4.69, 9.17) is 5.11 Å². The quantitative estimate of drug-likeness (QED) is 0.795. The molecule has 2 atom stereocenters. The summed E-state index contributed by atoms with van der Waals surface area (Å²) in [4.78, 5) is 17.1. The van der Waals surface area contributed by atoms with Gasteiger partial charge in [-0.05, 0) is 18.6 Å². The van der Waals surface area contributed by atoms with Crippen molar-refractivity contribution >= 4 is 5.97 Å². The molecule has 2 rings (SSSR count). The van der Waals surface area contributed by atoms with Crippen molar-refractivity contribution in [2.45, 2.75) is 32.0 Å². The molecular formula is C12H16N2O3. The minimum absolute atomic E-state index is 0.293. The highest BCUT2D eigenvalue weighted by atomic mass is 16.4. The average Bonchev–Trinajstić information content (AvgIpc) is 2.63. The number of nitrogens with zero attached hydrogens (tertiary/aromatic N) is 2. The highest BCUT2D eigenvalue weighted by molar-refractivity contribution is 5.74. The molecule has 1 fully saturated rings. The second-order valence-electron chi connectivity index (χ2n) is 4.44. The van der Waals surface area contributed by atoms with Gasteiger partial charge in [0.2, 0.25) is 0 Å². The molecule has 1 aromatic rings. The molecule has 17 heavy (non-hydrogen) atoms. The first kappa shape index (κ1) is 12.0. The Bertz CT molecular complexity index is 422. The minimum Gasteiger partial charge on any atom is -0.480 e. The Balaban J connectivity index is 2.13. The van der Waals surface area contributed by atoms with Crippen LogP contribution in [-0.4, -0.2) is 44.8 Å². The number of hydrogen-bond donors (Lipinski definition) is 2. The van der Waals surface area contributed by atoms with Crippen molar-refractivity contribution in [3.05, 3.63) is 29.6 Å². The Labute approximate surface area is 99.7 Å². The standard InChI is InChI=1S/C12H16N2O3/c1-8-3-2-4-13-10(8)7-14-6-9(15)5-11(14)12(16)17/h2-4,9,11,15H,5-7H2,1H3,(H,16,17). The molecule has 92 valence electrons. The Morgan fingerprint density at radius 1 is 1.65 bits per heavy atom. The van der Waals surface area contributed by atoms with E-state index in [1.165, 1.54) is 0 Å². The summed E-state index contributed by atoms with van der Waals surface area (Å²) in [5, 5.41) is 18.6. The molecule has 0 bridgehead atoms. The number of carboxylic acid groups (broad SMARTS) is 1. The summed E-state index contributed by atoms with van der Waals surface area (Å²) in [5.41, 5.74) is 1.91. The molecular weight excluding hydrogens is 220 g/mol. The van der Waals surface area contributed by atoms with Gasteiger partial charge in [-0.3, -0.25) is 14.7 Å². The summed E-state index contributed by atoms with van der Waals surface area (Å²) in [6.07, 6.45) is 1.44. The lowest BCUT2D eigenvalue weighted by molar-refractivity contribution is -0.142. The first-order valence-corrected chi connectivity index (χ1v) is 5.63. The van der Waals surface area contributed by atoms with Gasteiger partial charge in [0, 0.05) is 25.7 Å². The zero-order valence-electron chi connectivity index (χ0n) is 9.71. The van der Waals surface area contributed by atoms with Crippen LogP contribution in [0.3, 0.4) is 0 Å². The van der Waals surface area contributed by atoms with E-state index >= 15 is 0 Å². The molecule has 2 heterocycles. The number of β-amino-alcohol motifs (C(OH)–C–C–N with tert-alkyl or cyclic N) is 1. The maximum atomic E-state index is 11.1. The summed E-state index contributed by atoms with van der Waals surface area (Å²) in [5.74, 6) is -0.880. The van der Waals surface area contributed by atoms with Crippen molar-refractivity contribution in [1.29, 1.82) is 0 Å². The fourth-order valence-electron chi connectivity index (χ4n) is 2.19. The fourth-order valence-corrected chi connectivity index (χ4v) is 2.19. The van der Waals surface area contributed by atoms with Gasteiger partial charge >= 0.3 is 5.97 Å². The van der Waals surface area contributed by atoms with Crippen LogP contribution >= 0.6 is 0 Å². The van der Waals surface area contributed by atoms with Crippen LogP contribution in [-0.2, 0) is 11.3 Å². The van der Waals surface area contributed by atoms with E-state index in [-0.39, 0.29) is 0 Å². The summed E-state index contributed by atoms with van der Waals surface area (Å²) in [6, 6.07) is 3.20. The van der Waals surface area contributed by atoms with Crippen molar-refractivity contribution in [2.75, 3.05) is 6.54 Å². The van der Waals surface area contributed by atoms with Crippen LogP contribution in [0.2, 0.25) is 0 Å². The highest BCUT2D eigenvalue weighted by Crippen LogP contribution is 2.21. The van der Waals surface area contributed by atoms with Gasteiger partial charge in [0.15, 0.2) is 0 Å². The molecule has 0 aliphatic carbocycles. The van der Waals surface area contributed by atoms with E-state index in [2.05, 4.69) is 4.98 Å². The van der Waals surface area contributed by atoms with Crippen molar-refractivity contribution in [3.8, 4) is 0 Å². The number of likely N-dealkylation sites (tertiary alicyclic amines) is 1. The van der Waals surface area contributed by atoms with E-state index in [0.29, 0.717) is 19.5 Å². The topological polar surface area (TPSA) is 73.7 Å². The third-order valence-corrected chi connectivity index (χ3v) is 3.14. The molecule has 5 heteroatoms. The van der Waals surface area contributed by atoms with Gasteiger partial charge in [0.25, 0.3) is 0 Å². The Morgan fingerprint density at radius 2 is 2.41 bits per heavy atom. The van der Waals surface area contributed by atoms with Gasteiger partial charge in [-0.1, -0.05) is 6.07 Å². The van der Waals surface area contributed by atoms with Gasteiger partial charge in [-0.15, -0.1) is 0 Å². The van der Waals surface area contributed by atoms with Crippen molar-refractivity contribution < 1.29 is 15.0 Å². The maximum Gasteiger partial charge on any atom is 0.321 e. The van der Waals surface area contributed by atoms with Crippen LogP contribution in [0.4, 0.5) is 0 Å².